The van der Waals surface area contributed by atoms with Gasteiger partial charge in [-0.05, 0) is 29.7 Å². The third-order valence-corrected chi connectivity index (χ3v) is 3.18. The Balaban J connectivity index is 2.44. The lowest BCUT2D eigenvalue weighted by Crippen LogP contribution is -2.12. The monoisotopic (exact) mass is 279 g/mol. The van der Waals surface area contributed by atoms with E-state index in [1.165, 1.54) is 6.07 Å². The molecule has 0 unspecified atom stereocenters. The summed E-state index contributed by atoms with van der Waals surface area (Å²) in [6.07, 6.45) is 0.716. The zero-order valence-electron chi connectivity index (χ0n) is 12.4. The quantitative estimate of drug-likeness (QED) is 0.779. The summed E-state index contributed by atoms with van der Waals surface area (Å²) in [5, 5.41) is 9.20. The minimum Gasteiger partial charge on any atom is -0.456 e. The molecule has 0 aliphatic heterocycles. The van der Waals surface area contributed by atoms with Crippen molar-refractivity contribution in [1.29, 1.82) is 5.26 Å². The van der Waals surface area contributed by atoms with E-state index in [9.17, 15) is 10.1 Å². The highest BCUT2D eigenvalue weighted by Gasteiger charge is 2.19. The number of benzene rings is 2. The Morgan fingerprint density at radius 3 is 2.43 bits per heavy atom. The lowest BCUT2D eigenvalue weighted by atomic mass is 9.86. The van der Waals surface area contributed by atoms with Gasteiger partial charge in [0.05, 0.1) is 5.56 Å². The maximum Gasteiger partial charge on any atom is 0.150 e. The third kappa shape index (κ3) is 3.29. The van der Waals surface area contributed by atoms with Gasteiger partial charge >= 0.3 is 0 Å². The molecule has 0 heterocycles. The first-order valence-corrected chi connectivity index (χ1v) is 6.72. The Kier molecular flexibility index (Phi) is 4.09. The summed E-state index contributed by atoms with van der Waals surface area (Å²) in [4.78, 5) is 10.8. The molecule has 0 saturated heterocycles. The van der Waals surface area contributed by atoms with Crippen molar-refractivity contribution in [1.82, 2.24) is 0 Å². The van der Waals surface area contributed by atoms with Crippen molar-refractivity contribution in [2.24, 2.45) is 0 Å². The van der Waals surface area contributed by atoms with Crippen LogP contribution >= 0.6 is 0 Å². The van der Waals surface area contributed by atoms with Crippen molar-refractivity contribution < 1.29 is 9.53 Å². The molecule has 106 valence electrons. The van der Waals surface area contributed by atoms with E-state index < -0.39 is 0 Å². The lowest BCUT2D eigenvalue weighted by Gasteiger charge is -2.22. The largest absolute Gasteiger partial charge is 0.456 e. The van der Waals surface area contributed by atoms with E-state index in [0.29, 0.717) is 23.2 Å². The maximum absolute atomic E-state index is 10.8. The predicted octanol–water partition coefficient (Wildman–Crippen LogP) is 4.46. The molecule has 0 aromatic heterocycles. The number of para-hydroxylation sites is 1. The summed E-state index contributed by atoms with van der Waals surface area (Å²) < 4.78 is 5.92. The molecule has 2 rings (SSSR count). The Morgan fingerprint density at radius 2 is 1.81 bits per heavy atom. The highest BCUT2D eigenvalue weighted by Crippen LogP contribution is 2.35. The maximum atomic E-state index is 10.8. The molecule has 2 aromatic rings. The number of aldehydes is 1. The van der Waals surface area contributed by atoms with Crippen LogP contribution in [0.15, 0.2) is 42.5 Å². The van der Waals surface area contributed by atoms with E-state index >= 15 is 0 Å². The second-order valence-electron chi connectivity index (χ2n) is 5.83. The number of hydrogen-bond donors (Lipinski definition) is 0. The summed E-state index contributed by atoms with van der Waals surface area (Å²) in [7, 11) is 0. The molecule has 0 bridgehead atoms. The van der Waals surface area contributed by atoms with Crippen LogP contribution in [-0.4, -0.2) is 6.29 Å². The van der Waals surface area contributed by atoms with Gasteiger partial charge in [0.15, 0.2) is 0 Å². The Morgan fingerprint density at radius 1 is 1.10 bits per heavy atom. The predicted molar refractivity (Wildman–Crippen MR) is 81.8 cm³/mol. The minimum atomic E-state index is -0.0634. The normalized spacial score (nSPS) is 10.8. The van der Waals surface area contributed by atoms with Gasteiger partial charge < -0.3 is 4.74 Å². The topological polar surface area (TPSA) is 50.1 Å². The van der Waals surface area contributed by atoms with Crippen LogP contribution in [-0.2, 0) is 5.41 Å². The molecule has 3 nitrogen and oxygen atoms in total. The molecule has 0 spiro atoms. The van der Waals surface area contributed by atoms with Crippen LogP contribution in [0, 0.1) is 11.3 Å². The average Bonchev–Trinajstić information content (AvgIpc) is 2.47. The van der Waals surface area contributed by atoms with Crippen LogP contribution in [0.4, 0.5) is 0 Å². The van der Waals surface area contributed by atoms with Crippen molar-refractivity contribution >= 4 is 6.29 Å². The molecule has 0 saturated carbocycles. The van der Waals surface area contributed by atoms with E-state index in [1.807, 2.05) is 24.3 Å². The van der Waals surface area contributed by atoms with Crippen molar-refractivity contribution in [3.05, 3.63) is 59.2 Å². The van der Waals surface area contributed by atoms with Crippen molar-refractivity contribution in [2.45, 2.75) is 26.2 Å². The van der Waals surface area contributed by atoms with Gasteiger partial charge in [-0.25, -0.2) is 0 Å². The van der Waals surface area contributed by atoms with Crippen LogP contribution in [0.3, 0.4) is 0 Å². The molecule has 0 fully saturated rings. The fraction of sp³-hybridized carbons (Fsp3) is 0.222. The van der Waals surface area contributed by atoms with E-state index in [2.05, 4.69) is 26.8 Å². The Bertz CT molecular complexity index is 706. The molecule has 21 heavy (non-hydrogen) atoms. The standard InChI is InChI=1S/C18H17NO2/c1-18(2,3)15-6-4-5-7-17(15)21-16-9-8-13(12-20)10-14(16)11-19/h4-10,12H,1-3H3. The Labute approximate surface area is 124 Å². The summed E-state index contributed by atoms with van der Waals surface area (Å²) >= 11 is 0. The van der Waals surface area contributed by atoms with Gasteiger partial charge in [0, 0.05) is 11.1 Å². The van der Waals surface area contributed by atoms with E-state index in [1.54, 1.807) is 12.1 Å². The number of hydrogen-bond acceptors (Lipinski definition) is 3. The van der Waals surface area contributed by atoms with Gasteiger partial charge in [0.2, 0.25) is 0 Å². The van der Waals surface area contributed by atoms with Crippen LogP contribution in [0.25, 0.3) is 0 Å². The first-order chi connectivity index (χ1) is 9.95. The molecule has 0 amide bonds. The third-order valence-electron chi connectivity index (χ3n) is 3.18. The second kappa shape index (κ2) is 5.80. The summed E-state index contributed by atoms with van der Waals surface area (Å²) in [6, 6.07) is 14.7. The summed E-state index contributed by atoms with van der Waals surface area (Å²) in [6.45, 7) is 6.32. The molecule has 0 aliphatic carbocycles. The van der Waals surface area contributed by atoms with E-state index in [-0.39, 0.29) is 5.41 Å². The first kappa shape index (κ1) is 14.8. The molecule has 2 aromatic carbocycles. The van der Waals surface area contributed by atoms with Crippen LogP contribution in [0.1, 0.15) is 42.3 Å². The zero-order valence-corrected chi connectivity index (χ0v) is 12.4. The van der Waals surface area contributed by atoms with Crippen LogP contribution in [0.5, 0.6) is 11.5 Å². The van der Waals surface area contributed by atoms with Gasteiger partial charge in [-0.3, -0.25) is 4.79 Å². The van der Waals surface area contributed by atoms with E-state index in [4.69, 9.17) is 4.74 Å². The molecule has 0 aliphatic rings. The molecule has 3 heteroatoms. The zero-order chi connectivity index (χ0) is 15.5. The number of nitrogens with zero attached hydrogens (tertiary/aromatic N) is 1. The Hall–Kier alpha value is -2.60. The fourth-order valence-corrected chi connectivity index (χ4v) is 2.09. The summed E-state index contributed by atoms with van der Waals surface area (Å²) in [5.74, 6) is 1.18. The van der Waals surface area contributed by atoms with Crippen molar-refractivity contribution in [2.75, 3.05) is 0 Å². The highest BCUT2D eigenvalue weighted by atomic mass is 16.5. The van der Waals surface area contributed by atoms with Gasteiger partial charge in [-0.15, -0.1) is 0 Å². The van der Waals surface area contributed by atoms with Crippen LogP contribution < -0.4 is 4.74 Å². The summed E-state index contributed by atoms with van der Waals surface area (Å²) in [5.41, 5.74) is 1.81. The number of ether oxygens (including phenoxy) is 1. The number of carbonyl (C=O) groups is 1. The lowest BCUT2D eigenvalue weighted by molar-refractivity contribution is 0.112. The average molecular weight is 279 g/mol. The molecular weight excluding hydrogens is 262 g/mol. The molecule has 0 N–H and O–H groups in total. The second-order valence-corrected chi connectivity index (χ2v) is 5.83. The smallest absolute Gasteiger partial charge is 0.150 e. The van der Waals surface area contributed by atoms with Crippen molar-refractivity contribution in [3.63, 3.8) is 0 Å². The van der Waals surface area contributed by atoms with Gasteiger partial charge in [0.25, 0.3) is 0 Å². The first-order valence-electron chi connectivity index (χ1n) is 6.72. The molecular formula is C18H17NO2. The SMILES string of the molecule is CC(C)(C)c1ccccc1Oc1ccc(C=O)cc1C#N. The molecule has 0 atom stereocenters. The van der Waals surface area contributed by atoms with Gasteiger partial charge in [-0.2, -0.15) is 5.26 Å². The van der Waals surface area contributed by atoms with Crippen LogP contribution in [0.2, 0.25) is 0 Å². The number of rotatable bonds is 3. The fourth-order valence-electron chi connectivity index (χ4n) is 2.09. The van der Waals surface area contributed by atoms with E-state index in [0.717, 1.165) is 11.3 Å². The van der Waals surface area contributed by atoms with Gasteiger partial charge in [0.1, 0.15) is 23.9 Å². The minimum absolute atomic E-state index is 0.0634. The highest BCUT2D eigenvalue weighted by molar-refractivity contribution is 5.76. The number of carbonyl (C=O) groups excluding carboxylic acids is 1. The number of nitriles is 1. The van der Waals surface area contributed by atoms with Crippen molar-refractivity contribution in [3.8, 4) is 17.6 Å². The molecule has 0 radical (unpaired) electrons. The van der Waals surface area contributed by atoms with Gasteiger partial charge in [-0.1, -0.05) is 39.0 Å².